The fourth-order valence-corrected chi connectivity index (χ4v) is 2.53. The SMILES string of the molecule is COCC(O)CCNCC1CCCCC1C. The van der Waals surface area contributed by atoms with Gasteiger partial charge in [-0.1, -0.05) is 26.2 Å². The van der Waals surface area contributed by atoms with Gasteiger partial charge in [-0.2, -0.15) is 0 Å². The second-order valence-electron chi connectivity index (χ2n) is 5.12. The Labute approximate surface area is 99.6 Å². The molecule has 0 aromatic rings. The highest BCUT2D eigenvalue weighted by Gasteiger charge is 2.20. The van der Waals surface area contributed by atoms with E-state index in [-0.39, 0.29) is 6.10 Å². The van der Waals surface area contributed by atoms with E-state index in [1.807, 2.05) is 0 Å². The molecule has 0 aromatic heterocycles. The van der Waals surface area contributed by atoms with Crippen molar-refractivity contribution < 1.29 is 9.84 Å². The number of nitrogens with one attached hydrogen (secondary N) is 1. The summed E-state index contributed by atoms with van der Waals surface area (Å²) in [5.41, 5.74) is 0. The van der Waals surface area contributed by atoms with Crippen molar-refractivity contribution >= 4 is 0 Å². The van der Waals surface area contributed by atoms with Crippen molar-refractivity contribution in [3.8, 4) is 0 Å². The lowest BCUT2D eigenvalue weighted by atomic mass is 9.80. The third kappa shape index (κ3) is 5.28. The van der Waals surface area contributed by atoms with Gasteiger partial charge in [-0.05, 0) is 37.8 Å². The molecule has 1 aliphatic rings. The predicted molar refractivity (Wildman–Crippen MR) is 66.5 cm³/mol. The van der Waals surface area contributed by atoms with Gasteiger partial charge in [0, 0.05) is 7.11 Å². The van der Waals surface area contributed by atoms with E-state index in [1.54, 1.807) is 7.11 Å². The van der Waals surface area contributed by atoms with Gasteiger partial charge in [-0.3, -0.25) is 0 Å². The summed E-state index contributed by atoms with van der Waals surface area (Å²) in [6.45, 7) is 4.82. The molecule has 0 aliphatic heterocycles. The van der Waals surface area contributed by atoms with E-state index < -0.39 is 0 Å². The monoisotopic (exact) mass is 229 g/mol. The summed E-state index contributed by atoms with van der Waals surface area (Å²) in [5, 5.41) is 12.9. The number of ether oxygens (including phenoxy) is 1. The lowest BCUT2D eigenvalue weighted by molar-refractivity contribution is 0.0590. The molecule has 0 aromatic carbocycles. The second kappa shape index (κ2) is 8.04. The Balaban J connectivity index is 2.01. The Morgan fingerprint density at radius 2 is 2.12 bits per heavy atom. The van der Waals surface area contributed by atoms with E-state index in [1.165, 1.54) is 25.7 Å². The van der Waals surface area contributed by atoms with Crippen LogP contribution in [0.4, 0.5) is 0 Å². The molecular weight excluding hydrogens is 202 g/mol. The highest BCUT2D eigenvalue weighted by atomic mass is 16.5. The van der Waals surface area contributed by atoms with Crippen molar-refractivity contribution in [3.05, 3.63) is 0 Å². The summed E-state index contributed by atoms with van der Waals surface area (Å²) in [6.07, 6.45) is 6.02. The molecule has 0 radical (unpaired) electrons. The molecule has 96 valence electrons. The van der Waals surface area contributed by atoms with Crippen LogP contribution in [0.3, 0.4) is 0 Å². The van der Waals surface area contributed by atoms with Crippen molar-refractivity contribution in [1.29, 1.82) is 0 Å². The average molecular weight is 229 g/mol. The number of aliphatic hydroxyl groups excluding tert-OH is 1. The fourth-order valence-electron chi connectivity index (χ4n) is 2.53. The van der Waals surface area contributed by atoms with E-state index >= 15 is 0 Å². The van der Waals surface area contributed by atoms with Crippen LogP contribution in [0, 0.1) is 11.8 Å². The topological polar surface area (TPSA) is 41.5 Å². The summed E-state index contributed by atoms with van der Waals surface area (Å²) in [5.74, 6) is 1.71. The van der Waals surface area contributed by atoms with Gasteiger partial charge < -0.3 is 15.2 Å². The average Bonchev–Trinajstić information content (AvgIpc) is 2.27. The van der Waals surface area contributed by atoms with Crippen LogP contribution in [0.15, 0.2) is 0 Å². The van der Waals surface area contributed by atoms with E-state index in [9.17, 15) is 5.11 Å². The molecule has 3 unspecified atom stereocenters. The first-order valence-corrected chi connectivity index (χ1v) is 6.61. The predicted octanol–water partition coefficient (Wildman–Crippen LogP) is 1.80. The highest BCUT2D eigenvalue weighted by molar-refractivity contribution is 4.74. The molecule has 3 atom stereocenters. The molecule has 0 saturated heterocycles. The number of hydrogen-bond donors (Lipinski definition) is 2. The van der Waals surface area contributed by atoms with Crippen LogP contribution in [0.1, 0.15) is 39.0 Å². The van der Waals surface area contributed by atoms with E-state index in [0.29, 0.717) is 6.61 Å². The molecule has 1 rings (SSSR count). The molecule has 16 heavy (non-hydrogen) atoms. The van der Waals surface area contributed by atoms with Crippen LogP contribution in [0.5, 0.6) is 0 Å². The van der Waals surface area contributed by atoms with Crippen molar-refractivity contribution in [3.63, 3.8) is 0 Å². The van der Waals surface area contributed by atoms with Gasteiger partial charge >= 0.3 is 0 Å². The fraction of sp³-hybridized carbons (Fsp3) is 1.00. The van der Waals surface area contributed by atoms with Crippen LogP contribution in [0.25, 0.3) is 0 Å². The lowest BCUT2D eigenvalue weighted by Gasteiger charge is -2.29. The maximum Gasteiger partial charge on any atom is 0.0785 e. The molecule has 3 heteroatoms. The molecule has 1 aliphatic carbocycles. The molecule has 1 fully saturated rings. The zero-order chi connectivity index (χ0) is 11.8. The first kappa shape index (κ1) is 13.9. The molecule has 3 nitrogen and oxygen atoms in total. The van der Waals surface area contributed by atoms with Crippen LogP contribution >= 0.6 is 0 Å². The van der Waals surface area contributed by atoms with Crippen LogP contribution < -0.4 is 5.32 Å². The molecule has 0 bridgehead atoms. The minimum atomic E-state index is -0.318. The minimum Gasteiger partial charge on any atom is -0.391 e. The smallest absolute Gasteiger partial charge is 0.0785 e. The number of methoxy groups -OCH3 is 1. The number of hydrogen-bond acceptors (Lipinski definition) is 3. The van der Waals surface area contributed by atoms with Gasteiger partial charge in [0.1, 0.15) is 0 Å². The maximum absolute atomic E-state index is 9.47. The first-order valence-electron chi connectivity index (χ1n) is 6.61. The Kier molecular flexibility index (Phi) is 7.01. The van der Waals surface area contributed by atoms with Crippen LogP contribution in [-0.2, 0) is 4.74 Å². The molecule has 0 amide bonds. The van der Waals surface area contributed by atoms with E-state index in [2.05, 4.69) is 12.2 Å². The molecule has 2 N–H and O–H groups in total. The molecule has 0 heterocycles. The Hall–Kier alpha value is -0.120. The molecular formula is C13H27NO2. The summed E-state index contributed by atoms with van der Waals surface area (Å²) >= 11 is 0. The zero-order valence-electron chi connectivity index (χ0n) is 10.7. The quantitative estimate of drug-likeness (QED) is 0.654. The van der Waals surface area contributed by atoms with Crippen molar-refractivity contribution in [2.45, 2.75) is 45.1 Å². The normalized spacial score (nSPS) is 27.9. The van der Waals surface area contributed by atoms with Crippen molar-refractivity contribution in [1.82, 2.24) is 5.32 Å². The van der Waals surface area contributed by atoms with Gasteiger partial charge in [-0.25, -0.2) is 0 Å². The number of aliphatic hydroxyl groups is 1. The largest absolute Gasteiger partial charge is 0.391 e. The van der Waals surface area contributed by atoms with Crippen molar-refractivity contribution in [2.75, 3.05) is 26.8 Å². The molecule has 0 spiro atoms. The standard InChI is InChI=1S/C13H27NO2/c1-11-5-3-4-6-12(11)9-14-8-7-13(15)10-16-2/h11-15H,3-10H2,1-2H3. The third-order valence-corrected chi connectivity index (χ3v) is 3.71. The van der Waals surface area contributed by atoms with E-state index in [4.69, 9.17) is 4.74 Å². The van der Waals surface area contributed by atoms with E-state index in [0.717, 1.165) is 31.3 Å². The van der Waals surface area contributed by atoms with Gasteiger partial charge in [0.25, 0.3) is 0 Å². The Bertz CT molecular complexity index is 175. The van der Waals surface area contributed by atoms with Crippen LogP contribution in [0.2, 0.25) is 0 Å². The zero-order valence-corrected chi connectivity index (χ0v) is 10.7. The summed E-state index contributed by atoms with van der Waals surface area (Å²) in [7, 11) is 1.63. The highest BCUT2D eigenvalue weighted by Crippen LogP contribution is 2.28. The second-order valence-corrected chi connectivity index (χ2v) is 5.12. The third-order valence-electron chi connectivity index (χ3n) is 3.71. The van der Waals surface area contributed by atoms with Gasteiger partial charge in [0.15, 0.2) is 0 Å². The summed E-state index contributed by atoms with van der Waals surface area (Å²) in [4.78, 5) is 0. The minimum absolute atomic E-state index is 0.318. The Morgan fingerprint density at radius 1 is 1.38 bits per heavy atom. The summed E-state index contributed by atoms with van der Waals surface area (Å²) < 4.78 is 4.89. The van der Waals surface area contributed by atoms with Gasteiger partial charge in [0.2, 0.25) is 0 Å². The van der Waals surface area contributed by atoms with Crippen molar-refractivity contribution in [2.24, 2.45) is 11.8 Å². The first-order chi connectivity index (χ1) is 7.74. The lowest BCUT2D eigenvalue weighted by Crippen LogP contribution is -2.31. The van der Waals surface area contributed by atoms with Gasteiger partial charge in [-0.15, -0.1) is 0 Å². The van der Waals surface area contributed by atoms with Crippen LogP contribution in [-0.4, -0.2) is 38.0 Å². The molecule has 1 saturated carbocycles. The Morgan fingerprint density at radius 3 is 2.81 bits per heavy atom. The maximum atomic E-state index is 9.47. The number of rotatable bonds is 7. The summed E-state index contributed by atoms with van der Waals surface area (Å²) in [6, 6.07) is 0. The van der Waals surface area contributed by atoms with Gasteiger partial charge in [0.05, 0.1) is 12.7 Å².